The topological polar surface area (TPSA) is 40.5 Å². The Morgan fingerprint density at radius 2 is 2.33 bits per heavy atom. The highest BCUT2D eigenvalue weighted by atomic mass is 79.9. The van der Waals surface area contributed by atoms with E-state index < -0.39 is 5.97 Å². The van der Waals surface area contributed by atoms with E-state index in [9.17, 15) is 9.18 Å². The molecule has 0 bridgehead atoms. The number of carboxylic acid groups (broad SMARTS) is 1. The summed E-state index contributed by atoms with van der Waals surface area (Å²) in [4.78, 5) is 13.1. The fraction of sp³-hybridized carbons (Fsp3) is 0.562. The normalized spacial score (nSPS) is 21.2. The summed E-state index contributed by atoms with van der Waals surface area (Å²) in [6, 6.07) is 5.23. The highest BCUT2D eigenvalue weighted by Crippen LogP contribution is 2.27. The molecule has 1 heterocycles. The Kier molecular flexibility index (Phi) is 5.76. The van der Waals surface area contributed by atoms with Crippen molar-refractivity contribution in [2.75, 3.05) is 13.1 Å². The zero-order chi connectivity index (χ0) is 15.4. The van der Waals surface area contributed by atoms with Gasteiger partial charge in [0.05, 0.1) is 4.47 Å². The van der Waals surface area contributed by atoms with Gasteiger partial charge in [-0.05, 0) is 64.8 Å². The van der Waals surface area contributed by atoms with Crippen LogP contribution in [0.5, 0.6) is 0 Å². The van der Waals surface area contributed by atoms with Crippen molar-refractivity contribution in [2.24, 2.45) is 11.8 Å². The number of hydrogen-bond acceptors (Lipinski definition) is 2. The molecule has 1 fully saturated rings. The van der Waals surface area contributed by atoms with Crippen LogP contribution >= 0.6 is 15.9 Å². The van der Waals surface area contributed by atoms with Crippen molar-refractivity contribution in [3.63, 3.8) is 0 Å². The predicted octanol–water partition coefficient (Wildman–Crippen LogP) is 3.91. The Balaban J connectivity index is 1.94. The first-order valence-electron chi connectivity index (χ1n) is 7.33. The molecule has 1 saturated heterocycles. The van der Waals surface area contributed by atoms with Crippen molar-refractivity contribution >= 4 is 21.9 Å². The van der Waals surface area contributed by atoms with E-state index in [-0.39, 0.29) is 18.2 Å². The smallest absolute Gasteiger partial charge is 0.303 e. The number of aliphatic carboxylic acids is 1. The van der Waals surface area contributed by atoms with Crippen LogP contribution in [0.2, 0.25) is 0 Å². The Morgan fingerprint density at radius 1 is 1.57 bits per heavy atom. The molecular formula is C16H21BrFNO2. The fourth-order valence-electron chi connectivity index (χ4n) is 3.04. The zero-order valence-electron chi connectivity index (χ0n) is 12.2. The number of nitrogens with zero attached hydrogens (tertiary/aromatic N) is 1. The van der Waals surface area contributed by atoms with Crippen molar-refractivity contribution in [1.29, 1.82) is 0 Å². The first-order chi connectivity index (χ1) is 9.95. The van der Waals surface area contributed by atoms with Crippen molar-refractivity contribution in [1.82, 2.24) is 4.90 Å². The van der Waals surface area contributed by atoms with Gasteiger partial charge in [0.2, 0.25) is 0 Å². The number of rotatable bonds is 5. The average molecular weight is 358 g/mol. The summed E-state index contributed by atoms with van der Waals surface area (Å²) in [7, 11) is 0. The summed E-state index contributed by atoms with van der Waals surface area (Å²) in [6.45, 7) is 4.63. The van der Waals surface area contributed by atoms with E-state index in [0.29, 0.717) is 10.4 Å². The molecule has 0 aromatic heterocycles. The second kappa shape index (κ2) is 7.36. The third-order valence-electron chi connectivity index (χ3n) is 4.23. The first kappa shape index (κ1) is 16.4. The largest absolute Gasteiger partial charge is 0.481 e. The van der Waals surface area contributed by atoms with E-state index in [1.165, 1.54) is 0 Å². The molecule has 21 heavy (non-hydrogen) atoms. The standard InChI is InChI=1S/C16H21BrFNO2/c1-11(7-16(20)21)13-3-2-6-19(10-13)9-12-4-5-14(17)15(18)8-12/h4-5,8,11,13H,2-3,6-7,9-10H2,1H3,(H,20,21). The quantitative estimate of drug-likeness (QED) is 0.868. The van der Waals surface area contributed by atoms with Gasteiger partial charge in [-0.1, -0.05) is 13.0 Å². The van der Waals surface area contributed by atoms with Gasteiger partial charge in [-0.25, -0.2) is 4.39 Å². The van der Waals surface area contributed by atoms with Crippen LogP contribution in [0, 0.1) is 17.7 Å². The second-order valence-electron chi connectivity index (χ2n) is 5.96. The highest BCUT2D eigenvalue weighted by Gasteiger charge is 2.26. The summed E-state index contributed by atoms with van der Waals surface area (Å²) in [5.74, 6) is -0.364. The predicted molar refractivity (Wildman–Crippen MR) is 83.5 cm³/mol. The Hall–Kier alpha value is -0.940. The van der Waals surface area contributed by atoms with Gasteiger partial charge < -0.3 is 5.11 Å². The van der Waals surface area contributed by atoms with Gasteiger partial charge in [-0.15, -0.1) is 0 Å². The van der Waals surface area contributed by atoms with Gasteiger partial charge in [-0.2, -0.15) is 0 Å². The third-order valence-corrected chi connectivity index (χ3v) is 4.88. The van der Waals surface area contributed by atoms with E-state index in [2.05, 4.69) is 20.8 Å². The van der Waals surface area contributed by atoms with E-state index in [1.54, 1.807) is 12.1 Å². The molecule has 2 atom stereocenters. The molecular weight excluding hydrogens is 337 g/mol. The van der Waals surface area contributed by atoms with Crippen molar-refractivity contribution in [3.05, 3.63) is 34.1 Å². The summed E-state index contributed by atoms with van der Waals surface area (Å²) in [5, 5.41) is 8.91. The lowest BCUT2D eigenvalue weighted by molar-refractivity contribution is -0.138. The molecule has 2 unspecified atom stereocenters. The molecule has 2 rings (SSSR count). The second-order valence-corrected chi connectivity index (χ2v) is 6.82. The maximum absolute atomic E-state index is 13.6. The van der Waals surface area contributed by atoms with E-state index in [4.69, 9.17) is 5.11 Å². The highest BCUT2D eigenvalue weighted by molar-refractivity contribution is 9.10. The lowest BCUT2D eigenvalue weighted by Crippen LogP contribution is -2.37. The van der Waals surface area contributed by atoms with Gasteiger partial charge in [0.1, 0.15) is 5.82 Å². The molecule has 0 saturated carbocycles. The lowest BCUT2D eigenvalue weighted by atomic mass is 9.84. The minimum absolute atomic E-state index is 0.187. The van der Waals surface area contributed by atoms with E-state index >= 15 is 0 Å². The molecule has 1 aliphatic rings. The number of carboxylic acids is 1. The number of benzene rings is 1. The number of hydrogen-bond donors (Lipinski definition) is 1. The van der Waals surface area contributed by atoms with Crippen LogP contribution in [0.4, 0.5) is 4.39 Å². The summed E-state index contributed by atoms with van der Waals surface area (Å²) >= 11 is 3.16. The van der Waals surface area contributed by atoms with Gasteiger partial charge in [0.25, 0.3) is 0 Å². The monoisotopic (exact) mass is 357 g/mol. The van der Waals surface area contributed by atoms with E-state index in [1.807, 2.05) is 13.0 Å². The number of halogens is 2. The average Bonchev–Trinajstić information content (AvgIpc) is 2.42. The number of carbonyl (C=O) groups is 1. The Bertz CT molecular complexity index is 509. The molecule has 1 N–H and O–H groups in total. The van der Waals surface area contributed by atoms with Crippen molar-refractivity contribution < 1.29 is 14.3 Å². The maximum Gasteiger partial charge on any atom is 0.303 e. The van der Waals surface area contributed by atoms with Gasteiger partial charge >= 0.3 is 5.97 Å². The molecule has 1 aliphatic heterocycles. The number of piperidine rings is 1. The molecule has 5 heteroatoms. The molecule has 0 aliphatic carbocycles. The van der Waals surface area contributed by atoms with Crippen LogP contribution in [0.25, 0.3) is 0 Å². The minimum Gasteiger partial charge on any atom is -0.481 e. The fourth-order valence-corrected chi connectivity index (χ4v) is 3.28. The molecule has 0 amide bonds. The summed E-state index contributed by atoms with van der Waals surface area (Å²) in [6.07, 6.45) is 2.39. The molecule has 116 valence electrons. The SMILES string of the molecule is CC(CC(=O)O)C1CCCN(Cc2ccc(Br)c(F)c2)C1. The minimum atomic E-state index is -0.727. The molecule has 1 aromatic rings. The van der Waals surface area contributed by atoms with Crippen LogP contribution in [0.3, 0.4) is 0 Å². The van der Waals surface area contributed by atoms with Crippen LogP contribution in [0.1, 0.15) is 31.7 Å². The summed E-state index contributed by atoms with van der Waals surface area (Å²) in [5.41, 5.74) is 0.960. The summed E-state index contributed by atoms with van der Waals surface area (Å²) < 4.78 is 14.0. The third kappa shape index (κ3) is 4.78. The van der Waals surface area contributed by atoms with Gasteiger partial charge in [0.15, 0.2) is 0 Å². The lowest BCUT2D eigenvalue weighted by Gasteiger charge is -2.35. The molecule has 0 radical (unpaired) electrons. The van der Waals surface area contributed by atoms with Gasteiger partial charge in [-0.3, -0.25) is 9.69 Å². The van der Waals surface area contributed by atoms with Crippen LogP contribution in [0.15, 0.2) is 22.7 Å². The Morgan fingerprint density at radius 3 is 3.00 bits per heavy atom. The zero-order valence-corrected chi connectivity index (χ0v) is 13.8. The molecule has 0 spiro atoms. The van der Waals surface area contributed by atoms with Crippen LogP contribution in [-0.4, -0.2) is 29.1 Å². The van der Waals surface area contributed by atoms with E-state index in [0.717, 1.165) is 38.0 Å². The molecule has 3 nitrogen and oxygen atoms in total. The number of likely N-dealkylation sites (tertiary alicyclic amines) is 1. The van der Waals surface area contributed by atoms with Gasteiger partial charge in [0, 0.05) is 19.5 Å². The van der Waals surface area contributed by atoms with Crippen molar-refractivity contribution in [2.45, 2.75) is 32.7 Å². The Labute approximate surface area is 133 Å². The molecule has 1 aromatic carbocycles. The first-order valence-corrected chi connectivity index (χ1v) is 8.13. The van der Waals surface area contributed by atoms with Crippen LogP contribution in [-0.2, 0) is 11.3 Å². The maximum atomic E-state index is 13.6. The van der Waals surface area contributed by atoms with Crippen LogP contribution < -0.4 is 0 Å². The van der Waals surface area contributed by atoms with Crippen molar-refractivity contribution in [3.8, 4) is 0 Å².